The smallest absolute Gasteiger partial charge is 0.385 e. The van der Waals surface area contributed by atoms with Gasteiger partial charge in [0.05, 0.1) is 6.33 Å². The number of halogens is 3. The molecule has 30 heavy (non-hydrogen) atoms. The topological polar surface area (TPSA) is 223 Å². The van der Waals surface area contributed by atoms with Gasteiger partial charge in [0.25, 0.3) is 0 Å². The lowest BCUT2D eigenvalue weighted by Crippen LogP contribution is -2.38. The highest BCUT2D eigenvalue weighted by Crippen LogP contribution is 2.73. The van der Waals surface area contributed by atoms with E-state index in [4.69, 9.17) is 20.3 Å². The van der Waals surface area contributed by atoms with Crippen molar-refractivity contribution in [3.05, 3.63) is 12.7 Å². The molecule has 2 aromatic rings. The fourth-order valence-corrected chi connectivity index (χ4v) is 4.61. The molecule has 0 bridgehead atoms. The molecule has 0 saturated carbocycles. The van der Waals surface area contributed by atoms with Crippen molar-refractivity contribution in [2.75, 3.05) is 5.73 Å². The van der Waals surface area contributed by atoms with Crippen LogP contribution in [0.25, 0.3) is 11.2 Å². The second kappa shape index (κ2) is 7.47. The van der Waals surface area contributed by atoms with Crippen molar-refractivity contribution >= 4 is 32.2 Å². The zero-order valence-electron chi connectivity index (χ0n) is 14.3. The lowest BCUT2D eigenvalue weighted by Gasteiger charge is -2.27. The monoisotopic (exact) mass is 479 g/mol. The highest BCUT2D eigenvalue weighted by Gasteiger charge is 2.66. The van der Waals surface area contributed by atoms with Crippen molar-refractivity contribution in [2.24, 2.45) is 0 Å². The second-order valence-electron chi connectivity index (χ2n) is 6.08. The quantitative estimate of drug-likeness (QED) is 0.222. The average Bonchev–Trinajstić information content (AvgIpc) is 3.16. The van der Waals surface area contributed by atoms with Crippen LogP contribution in [0.5, 0.6) is 0 Å². The van der Waals surface area contributed by atoms with Gasteiger partial charge in [-0.2, -0.15) is 8.78 Å². The molecule has 1 saturated heterocycles. The molecule has 0 aromatic carbocycles. The minimum atomic E-state index is -6.53. The second-order valence-corrected chi connectivity index (χ2v) is 9.89. The van der Waals surface area contributed by atoms with Gasteiger partial charge in [0, 0.05) is 0 Å². The van der Waals surface area contributed by atoms with Gasteiger partial charge in [-0.3, -0.25) is 18.2 Å². The third-order valence-corrected chi connectivity index (χ3v) is 7.53. The maximum Gasteiger partial charge on any atom is 0.443 e. The maximum absolute atomic E-state index is 14.4. The van der Waals surface area contributed by atoms with Crippen LogP contribution >= 0.6 is 15.2 Å². The standard InChI is InChI=1S/C11H14F3N5O9P2/c12-3-5(20)9(19-2-18-4-7(15)16-1-17-8(4)19)27-6(3)10(21)28-30(25,26)11(13,14)29(22,23)24/h1-3,5-6,9-10,20-21H,(H,25,26)(H2,15,16,17)(H2,22,23,24)/t3-,5+,6-,9+,10?/m0/s1. The first-order chi connectivity index (χ1) is 13.7. The molecule has 14 nitrogen and oxygen atoms in total. The Morgan fingerprint density at radius 1 is 1.27 bits per heavy atom. The van der Waals surface area contributed by atoms with Crippen molar-refractivity contribution in [3.63, 3.8) is 0 Å². The van der Waals surface area contributed by atoms with Gasteiger partial charge in [-0.1, -0.05) is 0 Å². The van der Waals surface area contributed by atoms with E-state index in [0.717, 1.165) is 17.2 Å². The van der Waals surface area contributed by atoms with E-state index in [0.29, 0.717) is 0 Å². The Labute approximate surface area is 163 Å². The van der Waals surface area contributed by atoms with Crippen molar-refractivity contribution in [3.8, 4) is 0 Å². The summed E-state index contributed by atoms with van der Waals surface area (Å²) in [5.41, 5.74) is 5.61. The fraction of sp³-hybridized carbons (Fsp3) is 0.545. The molecule has 0 aliphatic carbocycles. The molecule has 0 spiro atoms. The van der Waals surface area contributed by atoms with E-state index in [1.807, 2.05) is 0 Å². The summed E-state index contributed by atoms with van der Waals surface area (Å²) in [4.78, 5) is 37.6. The molecule has 19 heteroatoms. The molecule has 2 aromatic heterocycles. The number of aromatic nitrogens is 4. The molecule has 1 fully saturated rings. The summed E-state index contributed by atoms with van der Waals surface area (Å²) < 4.78 is 73.6. The molecule has 168 valence electrons. The number of nitrogen functional groups attached to an aromatic ring is 1. The molecule has 7 N–H and O–H groups in total. The molecule has 6 atom stereocenters. The lowest BCUT2D eigenvalue weighted by atomic mass is 10.1. The molecular formula is C11H14F3N5O9P2. The van der Waals surface area contributed by atoms with E-state index < -0.39 is 51.5 Å². The normalized spacial score (nSPS) is 28.5. The maximum atomic E-state index is 14.4. The SMILES string of the molecule is Nc1ncnc2c1ncn2[C@@H]1O[C@H](C(O)OP(=O)(O)C(F)(F)P(=O)(O)O)[C@@H](F)[C@H]1O. The first-order valence-corrected chi connectivity index (χ1v) is 10.9. The van der Waals surface area contributed by atoms with Crippen LogP contribution in [-0.2, 0) is 18.4 Å². The van der Waals surface area contributed by atoms with E-state index in [9.17, 15) is 37.4 Å². The van der Waals surface area contributed by atoms with Gasteiger partial charge in [-0.25, -0.2) is 19.3 Å². The van der Waals surface area contributed by atoms with Crippen molar-refractivity contribution < 1.29 is 56.5 Å². The minimum Gasteiger partial charge on any atom is -0.385 e. The summed E-state index contributed by atoms with van der Waals surface area (Å²) in [6.45, 7) is 0. The largest absolute Gasteiger partial charge is 0.443 e. The Kier molecular flexibility index (Phi) is 5.73. The van der Waals surface area contributed by atoms with Gasteiger partial charge in [0.1, 0.15) is 24.1 Å². The summed E-state index contributed by atoms with van der Waals surface area (Å²) >= 11 is 0. The number of imidazole rings is 1. The summed E-state index contributed by atoms with van der Waals surface area (Å²) in [6.07, 6.45) is -9.48. The van der Waals surface area contributed by atoms with Gasteiger partial charge in [0.15, 0.2) is 30.2 Å². The Morgan fingerprint density at radius 3 is 2.50 bits per heavy atom. The minimum absolute atomic E-state index is 0.0318. The number of ether oxygens (including phenoxy) is 1. The molecule has 0 radical (unpaired) electrons. The first-order valence-electron chi connectivity index (χ1n) is 7.72. The van der Waals surface area contributed by atoms with Crippen LogP contribution in [0.2, 0.25) is 0 Å². The first kappa shape index (κ1) is 23.0. The van der Waals surface area contributed by atoms with E-state index in [2.05, 4.69) is 19.5 Å². The summed E-state index contributed by atoms with van der Waals surface area (Å²) in [7, 11) is -13.0. The number of anilines is 1. The van der Waals surface area contributed by atoms with E-state index in [-0.39, 0.29) is 17.0 Å². The number of hydrogen-bond donors (Lipinski definition) is 6. The number of aliphatic hydroxyl groups excluding tert-OH is 2. The number of fused-ring (bicyclic) bond motifs is 1. The third kappa shape index (κ3) is 3.62. The molecule has 1 aliphatic heterocycles. The number of hydrogen-bond acceptors (Lipinski definition) is 10. The van der Waals surface area contributed by atoms with E-state index in [1.165, 1.54) is 0 Å². The van der Waals surface area contributed by atoms with Crippen LogP contribution in [0.15, 0.2) is 12.7 Å². The van der Waals surface area contributed by atoms with Gasteiger partial charge in [-0.05, 0) is 0 Å². The van der Waals surface area contributed by atoms with Crippen molar-refractivity contribution in [1.82, 2.24) is 19.5 Å². The lowest BCUT2D eigenvalue weighted by molar-refractivity contribution is -0.153. The Morgan fingerprint density at radius 2 is 1.90 bits per heavy atom. The van der Waals surface area contributed by atoms with Crippen LogP contribution in [-0.4, -0.2) is 74.5 Å². The Hall–Kier alpha value is -1.68. The van der Waals surface area contributed by atoms with Gasteiger partial charge in [0.2, 0.25) is 0 Å². The molecular weight excluding hydrogens is 465 g/mol. The predicted octanol–water partition coefficient (Wildman–Crippen LogP) is -0.747. The van der Waals surface area contributed by atoms with Crippen LogP contribution in [0.3, 0.4) is 0 Å². The average molecular weight is 479 g/mol. The zero-order chi connectivity index (χ0) is 22.6. The fourth-order valence-electron chi connectivity index (χ4n) is 2.61. The van der Waals surface area contributed by atoms with Crippen LogP contribution in [0.4, 0.5) is 19.0 Å². The predicted molar refractivity (Wildman–Crippen MR) is 88.5 cm³/mol. The highest BCUT2D eigenvalue weighted by molar-refractivity contribution is 7.72. The molecule has 1 aliphatic rings. The number of nitrogens with two attached hydrogens (primary N) is 1. The van der Waals surface area contributed by atoms with Crippen LogP contribution in [0, 0.1) is 0 Å². The van der Waals surface area contributed by atoms with Gasteiger partial charge >= 0.3 is 20.6 Å². The van der Waals surface area contributed by atoms with Gasteiger partial charge < -0.3 is 35.4 Å². The van der Waals surface area contributed by atoms with Crippen LogP contribution in [0.1, 0.15) is 6.23 Å². The summed E-state index contributed by atoms with van der Waals surface area (Å²) in [6, 6.07) is 0. The molecule has 3 rings (SSSR count). The Bertz CT molecular complexity index is 1050. The summed E-state index contributed by atoms with van der Waals surface area (Å²) in [5.74, 6) is -0.0659. The van der Waals surface area contributed by atoms with Gasteiger partial charge in [-0.15, -0.1) is 0 Å². The molecule has 0 amide bonds. The molecule has 3 heterocycles. The van der Waals surface area contributed by atoms with Crippen molar-refractivity contribution in [1.29, 1.82) is 0 Å². The van der Waals surface area contributed by atoms with E-state index >= 15 is 0 Å². The Balaban J connectivity index is 1.85. The zero-order valence-corrected chi connectivity index (χ0v) is 16.1. The molecule has 2 unspecified atom stereocenters. The van der Waals surface area contributed by atoms with Crippen LogP contribution < -0.4 is 5.73 Å². The highest BCUT2D eigenvalue weighted by atomic mass is 31.2. The van der Waals surface area contributed by atoms with Crippen molar-refractivity contribution in [2.45, 2.75) is 36.3 Å². The number of aliphatic hydroxyl groups is 2. The number of alkyl halides is 3. The number of rotatable bonds is 6. The summed E-state index contributed by atoms with van der Waals surface area (Å²) in [5, 5.41) is 14.3. The number of nitrogens with zero attached hydrogens (tertiary/aromatic N) is 4. The third-order valence-electron chi connectivity index (χ3n) is 4.11. The van der Waals surface area contributed by atoms with E-state index in [1.54, 1.807) is 0 Å².